The van der Waals surface area contributed by atoms with Crippen LogP contribution in [0.15, 0.2) is 84.0 Å². The van der Waals surface area contributed by atoms with Crippen molar-refractivity contribution >= 4 is 11.4 Å². The van der Waals surface area contributed by atoms with Crippen LogP contribution in [0.4, 0.5) is 5.69 Å². The summed E-state index contributed by atoms with van der Waals surface area (Å²) in [6.07, 6.45) is 0.846. The fraction of sp³-hybridized carbons (Fsp3) is 0.174. The van der Waals surface area contributed by atoms with Crippen LogP contribution < -0.4 is 9.75 Å². The van der Waals surface area contributed by atoms with E-state index < -0.39 is 0 Å². The monoisotopic (exact) mass is 342 g/mol. The zero-order valence-corrected chi connectivity index (χ0v) is 15.1. The Morgan fingerprint density at radius 1 is 0.885 bits per heavy atom. The van der Waals surface area contributed by atoms with Gasteiger partial charge in [-0.3, -0.25) is 5.01 Å². The van der Waals surface area contributed by atoms with Gasteiger partial charge in [-0.25, -0.2) is 0 Å². The second-order valence-electron chi connectivity index (χ2n) is 6.56. The molecule has 0 fully saturated rings. The number of anilines is 1. The first-order chi connectivity index (χ1) is 12.8. The van der Waals surface area contributed by atoms with Gasteiger partial charge in [0, 0.05) is 12.0 Å². The van der Waals surface area contributed by atoms with Gasteiger partial charge in [0.1, 0.15) is 5.75 Å². The van der Waals surface area contributed by atoms with Crippen LogP contribution in [0.5, 0.6) is 5.75 Å². The first-order valence-corrected chi connectivity index (χ1v) is 8.88. The third kappa shape index (κ3) is 3.08. The third-order valence-electron chi connectivity index (χ3n) is 4.81. The van der Waals surface area contributed by atoms with Crippen molar-refractivity contribution in [2.24, 2.45) is 5.10 Å². The smallest absolute Gasteiger partial charge is 0.127 e. The largest absolute Gasteiger partial charge is 0.496 e. The van der Waals surface area contributed by atoms with Gasteiger partial charge in [0.25, 0.3) is 0 Å². The van der Waals surface area contributed by atoms with Gasteiger partial charge in [-0.2, -0.15) is 5.10 Å². The average Bonchev–Trinajstić information content (AvgIpc) is 3.14. The highest BCUT2D eigenvalue weighted by molar-refractivity contribution is 6.05. The van der Waals surface area contributed by atoms with Crippen molar-refractivity contribution < 1.29 is 4.74 Å². The number of ether oxygens (including phenoxy) is 1. The summed E-state index contributed by atoms with van der Waals surface area (Å²) in [5, 5.41) is 7.12. The molecule has 1 unspecified atom stereocenters. The molecule has 1 aliphatic rings. The summed E-state index contributed by atoms with van der Waals surface area (Å²) in [4.78, 5) is 0. The molecule has 0 amide bonds. The Labute approximate surface area is 154 Å². The predicted molar refractivity (Wildman–Crippen MR) is 107 cm³/mol. The van der Waals surface area contributed by atoms with Gasteiger partial charge in [-0.15, -0.1) is 0 Å². The van der Waals surface area contributed by atoms with Crippen LogP contribution in [0.1, 0.15) is 29.2 Å². The topological polar surface area (TPSA) is 24.8 Å². The molecule has 1 atom stereocenters. The minimum Gasteiger partial charge on any atom is -0.496 e. The highest BCUT2D eigenvalue weighted by Gasteiger charge is 2.30. The summed E-state index contributed by atoms with van der Waals surface area (Å²) < 4.78 is 5.56. The number of benzene rings is 3. The SMILES string of the molecule is COc1ccccc1C1=NN(c2ccccc2)C(c2ccc(C)cc2)C1. The Morgan fingerprint density at radius 3 is 2.31 bits per heavy atom. The maximum absolute atomic E-state index is 5.56. The molecule has 0 radical (unpaired) electrons. The maximum atomic E-state index is 5.56. The molecule has 0 N–H and O–H groups in total. The van der Waals surface area contributed by atoms with E-state index in [0.29, 0.717) is 0 Å². The quantitative estimate of drug-likeness (QED) is 0.637. The number of methoxy groups -OCH3 is 1. The fourth-order valence-electron chi connectivity index (χ4n) is 3.42. The number of rotatable bonds is 4. The van der Waals surface area contributed by atoms with Crippen LogP contribution in [0.25, 0.3) is 0 Å². The normalized spacial score (nSPS) is 16.5. The minimum atomic E-state index is 0.179. The predicted octanol–water partition coefficient (Wildman–Crippen LogP) is 5.36. The van der Waals surface area contributed by atoms with Crippen molar-refractivity contribution in [2.75, 3.05) is 12.1 Å². The van der Waals surface area contributed by atoms with E-state index in [0.717, 1.165) is 29.1 Å². The molecule has 0 spiro atoms. The zero-order valence-electron chi connectivity index (χ0n) is 15.1. The second kappa shape index (κ2) is 7.04. The lowest BCUT2D eigenvalue weighted by Gasteiger charge is -2.24. The van der Waals surface area contributed by atoms with Crippen molar-refractivity contribution in [1.82, 2.24) is 0 Å². The Morgan fingerprint density at radius 2 is 1.58 bits per heavy atom. The number of nitrogens with zero attached hydrogens (tertiary/aromatic N) is 2. The number of hydrogen-bond acceptors (Lipinski definition) is 3. The van der Waals surface area contributed by atoms with Crippen LogP contribution in [0.3, 0.4) is 0 Å². The van der Waals surface area contributed by atoms with Gasteiger partial charge >= 0.3 is 0 Å². The summed E-state index contributed by atoms with van der Waals surface area (Å²) in [7, 11) is 1.71. The molecule has 0 aromatic heterocycles. The Balaban J connectivity index is 1.77. The zero-order chi connectivity index (χ0) is 17.9. The van der Waals surface area contributed by atoms with E-state index in [2.05, 4.69) is 66.5 Å². The highest BCUT2D eigenvalue weighted by atomic mass is 16.5. The van der Waals surface area contributed by atoms with Crippen molar-refractivity contribution in [3.05, 3.63) is 95.6 Å². The lowest BCUT2D eigenvalue weighted by atomic mass is 9.97. The molecular weight excluding hydrogens is 320 g/mol. The molecule has 0 saturated carbocycles. The van der Waals surface area contributed by atoms with Crippen LogP contribution >= 0.6 is 0 Å². The maximum Gasteiger partial charge on any atom is 0.127 e. The Kier molecular flexibility index (Phi) is 4.44. The summed E-state index contributed by atoms with van der Waals surface area (Å²) in [5.41, 5.74) is 5.75. The van der Waals surface area contributed by atoms with Gasteiger partial charge in [-0.05, 0) is 36.8 Å². The molecule has 3 aromatic rings. The molecule has 4 rings (SSSR count). The Hall–Kier alpha value is -3.07. The van der Waals surface area contributed by atoms with Gasteiger partial charge in [0.15, 0.2) is 0 Å². The summed E-state index contributed by atoms with van der Waals surface area (Å²) >= 11 is 0. The van der Waals surface area contributed by atoms with Crippen LogP contribution in [0.2, 0.25) is 0 Å². The minimum absolute atomic E-state index is 0.179. The molecule has 3 nitrogen and oxygen atoms in total. The number of hydrazone groups is 1. The fourth-order valence-corrected chi connectivity index (χ4v) is 3.42. The van der Waals surface area contributed by atoms with E-state index in [-0.39, 0.29) is 6.04 Å². The van der Waals surface area contributed by atoms with Crippen molar-refractivity contribution in [3.63, 3.8) is 0 Å². The van der Waals surface area contributed by atoms with Crippen molar-refractivity contribution in [1.29, 1.82) is 0 Å². The summed E-state index contributed by atoms with van der Waals surface area (Å²) in [5.74, 6) is 0.865. The van der Waals surface area contributed by atoms with Gasteiger partial charge in [0.05, 0.1) is 24.6 Å². The lowest BCUT2D eigenvalue weighted by molar-refractivity contribution is 0.414. The second-order valence-corrected chi connectivity index (χ2v) is 6.56. The van der Waals surface area contributed by atoms with E-state index in [1.807, 2.05) is 24.3 Å². The molecular formula is C23H22N2O. The first kappa shape index (κ1) is 16.4. The third-order valence-corrected chi connectivity index (χ3v) is 4.81. The highest BCUT2D eigenvalue weighted by Crippen LogP contribution is 2.38. The van der Waals surface area contributed by atoms with Gasteiger partial charge in [0.2, 0.25) is 0 Å². The number of hydrogen-bond donors (Lipinski definition) is 0. The van der Waals surface area contributed by atoms with E-state index in [4.69, 9.17) is 9.84 Å². The molecule has 1 aliphatic heterocycles. The summed E-state index contributed by atoms with van der Waals surface area (Å²) in [6, 6.07) is 27.4. The van der Waals surface area contributed by atoms with E-state index >= 15 is 0 Å². The average molecular weight is 342 g/mol. The molecule has 130 valence electrons. The van der Waals surface area contributed by atoms with Gasteiger partial charge in [-0.1, -0.05) is 60.2 Å². The molecule has 1 heterocycles. The molecule has 3 aromatic carbocycles. The van der Waals surface area contributed by atoms with Crippen LogP contribution in [-0.2, 0) is 0 Å². The molecule has 0 aliphatic carbocycles. The number of aryl methyl sites for hydroxylation is 1. The molecule has 3 heteroatoms. The molecule has 26 heavy (non-hydrogen) atoms. The number of para-hydroxylation sites is 2. The molecule has 0 saturated heterocycles. The van der Waals surface area contributed by atoms with Crippen molar-refractivity contribution in [2.45, 2.75) is 19.4 Å². The van der Waals surface area contributed by atoms with Crippen molar-refractivity contribution in [3.8, 4) is 5.75 Å². The lowest BCUT2D eigenvalue weighted by Crippen LogP contribution is -2.18. The van der Waals surface area contributed by atoms with E-state index in [9.17, 15) is 0 Å². The Bertz CT molecular complexity index is 916. The summed E-state index contributed by atoms with van der Waals surface area (Å²) in [6.45, 7) is 2.12. The standard InChI is InChI=1S/C23H22N2O/c1-17-12-14-18(15-13-17)22-16-21(20-10-6-7-11-23(20)26-2)24-25(22)19-8-4-3-5-9-19/h3-15,22H,16H2,1-2H3. The van der Waals surface area contributed by atoms with E-state index in [1.54, 1.807) is 7.11 Å². The van der Waals surface area contributed by atoms with Crippen LogP contribution in [-0.4, -0.2) is 12.8 Å². The molecule has 0 bridgehead atoms. The first-order valence-electron chi connectivity index (χ1n) is 8.88. The van der Waals surface area contributed by atoms with Gasteiger partial charge < -0.3 is 4.74 Å². The van der Waals surface area contributed by atoms with Crippen LogP contribution in [0, 0.1) is 6.92 Å². The van der Waals surface area contributed by atoms with E-state index in [1.165, 1.54) is 11.1 Å².